The molecule has 2 aromatic carbocycles. The van der Waals surface area contributed by atoms with Crippen molar-refractivity contribution in [2.45, 2.75) is 33.2 Å². The van der Waals surface area contributed by atoms with Crippen molar-refractivity contribution in [2.24, 2.45) is 0 Å². The van der Waals surface area contributed by atoms with E-state index in [1.807, 2.05) is 30.7 Å². The number of halogens is 1. The highest BCUT2D eigenvalue weighted by Gasteiger charge is 2.24. The van der Waals surface area contributed by atoms with E-state index in [-0.39, 0.29) is 35.7 Å². The first-order valence-corrected chi connectivity index (χ1v) is 19.7. The highest BCUT2D eigenvalue weighted by Crippen LogP contribution is 2.45. The topological polar surface area (TPSA) is 212 Å². The van der Waals surface area contributed by atoms with Gasteiger partial charge in [-0.25, -0.2) is 14.6 Å². The summed E-state index contributed by atoms with van der Waals surface area (Å²) in [7, 11) is 10.5. The van der Waals surface area contributed by atoms with Crippen molar-refractivity contribution in [3.63, 3.8) is 0 Å². The van der Waals surface area contributed by atoms with E-state index >= 15 is 0 Å². The number of methoxy groups -OCH3 is 5. The molecule has 4 aromatic heterocycles. The maximum Gasteiger partial charge on any atom is 0.415 e. The van der Waals surface area contributed by atoms with Crippen molar-refractivity contribution < 1.29 is 47.6 Å². The van der Waals surface area contributed by atoms with E-state index in [1.54, 1.807) is 37.7 Å². The van der Waals surface area contributed by atoms with Crippen LogP contribution in [0.4, 0.5) is 15.5 Å². The second-order valence-corrected chi connectivity index (χ2v) is 14.6. The molecule has 0 spiro atoms. The van der Waals surface area contributed by atoms with Gasteiger partial charge in [-0.05, 0) is 55.7 Å². The van der Waals surface area contributed by atoms with Crippen LogP contribution >= 0.6 is 11.6 Å². The number of ether oxygens (including phenoxy) is 6. The predicted molar refractivity (Wildman–Crippen MR) is 234 cm³/mol. The number of benzene rings is 2. The molecule has 4 heterocycles. The van der Waals surface area contributed by atoms with E-state index in [1.165, 1.54) is 47.4 Å². The Kier molecular flexibility index (Phi) is 14.0. The van der Waals surface area contributed by atoms with Crippen molar-refractivity contribution >= 4 is 40.8 Å². The molecule has 0 radical (unpaired) electrons. The maximum atomic E-state index is 13.5. The van der Waals surface area contributed by atoms with E-state index in [0.717, 1.165) is 27.5 Å². The average Bonchev–Trinajstić information content (AvgIpc) is 3.90. The number of aryl methyl sites for hydroxylation is 2. The van der Waals surface area contributed by atoms with E-state index in [2.05, 4.69) is 31.9 Å². The van der Waals surface area contributed by atoms with Gasteiger partial charge in [0.05, 0.1) is 64.9 Å². The first-order valence-electron chi connectivity index (χ1n) is 19.4. The molecule has 0 unspecified atom stereocenters. The summed E-state index contributed by atoms with van der Waals surface area (Å²) in [5.41, 5.74) is 12.0. The number of aromatic nitrogens is 5. The van der Waals surface area contributed by atoms with Gasteiger partial charge in [0.25, 0.3) is 0 Å². The van der Waals surface area contributed by atoms with Gasteiger partial charge in [-0.2, -0.15) is 4.98 Å². The van der Waals surface area contributed by atoms with Crippen molar-refractivity contribution in [1.82, 2.24) is 34.5 Å². The first-order chi connectivity index (χ1) is 30.2. The Morgan fingerprint density at radius 1 is 0.873 bits per heavy atom. The lowest BCUT2D eigenvalue weighted by molar-refractivity contribution is 0.140. The molecule has 0 bridgehead atoms. The van der Waals surface area contributed by atoms with Gasteiger partial charge in [0.1, 0.15) is 16.5 Å². The van der Waals surface area contributed by atoms with Crippen LogP contribution in [0.1, 0.15) is 34.4 Å². The molecule has 0 aliphatic rings. The van der Waals surface area contributed by atoms with Crippen molar-refractivity contribution in [3.8, 4) is 68.8 Å². The minimum atomic E-state index is -1.13. The number of hydrogen-bond acceptors (Lipinski definition) is 14. The Bertz CT molecular complexity index is 2720. The summed E-state index contributed by atoms with van der Waals surface area (Å²) >= 11 is 6.66. The largest absolute Gasteiger partial charge is 0.496 e. The van der Waals surface area contributed by atoms with Crippen LogP contribution in [0.2, 0.25) is 5.15 Å². The monoisotopic (exact) mass is 882 g/mol. The lowest BCUT2D eigenvalue weighted by atomic mass is 9.97. The molecular formula is C44H47ClN8O10. The summed E-state index contributed by atoms with van der Waals surface area (Å²) in [6, 6.07) is 6.97. The van der Waals surface area contributed by atoms with Crippen LogP contribution < -0.4 is 34.2 Å². The summed E-state index contributed by atoms with van der Waals surface area (Å²) in [6.45, 7) is 4.34. The second kappa shape index (κ2) is 19.5. The number of nitrogens with two attached hydrogens (primary N) is 1. The summed E-state index contributed by atoms with van der Waals surface area (Å²) < 4.78 is 41.8. The molecule has 19 heteroatoms. The summed E-state index contributed by atoms with van der Waals surface area (Å²) in [6.07, 6.45) is 3.92. The highest BCUT2D eigenvalue weighted by atomic mass is 35.5. The number of pyridine rings is 1. The van der Waals surface area contributed by atoms with Gasteiger partial charge >= 0.3 is 12.2 Å². The number of anilines is 1. The molecular weight excluding hydrogens is 836 g/mol. The van der Waals surface area contributed by atoms with Crippen LogP contribution in [0.25, 0.3) is 33.5 Å². The van der Waals surface area contributed by atoms with E-state index < -0.39 is 12.2 Å². The normalized spacial score (nSPS) is 10.8. The molecule has 63 heavy (non-hydrogen) atoms. The molecule has 330 valence electrons. The minimum absolute atomic E-state index is 0.0149. The van der Waals surface area contributed by atoms with Crippen LogP contribution in [0, 0.1) is 25.7 Å². The Morgan fingerprint density at radius 2 is 1.54 bits per heavy atom. The molecule has 0 aliphatic carbocycles. The number of rotatable bonds is 15. The Balaban J connectivity index is 1.38. The molecule has 0 fully saturated rings. The fourth-order valence-corrected chi connectivity index (χ4v) is 7.23. The minimum Gasteiger partial charge on any atom is -0.496 e. The molecule has 0 saturated heterocycles. The molecule has 0 atom stereocenters. The van der Waals surface area contributed by atoms with Gasteiger partial charge in [0, 0.05) is 68.3 Å². The van der Waals surface area contributed by atoms with Crippen LogP contribution in [-0.2, 0) is 13.0 Å². The van der Waals surface area contributed by atoms with Gasteiger partial charge in [-0.15, -0.1) is 0 Å². The third kappa shape index (κ3) is 9.58. The summed E-state index contributed by atoms with van der Waals surface area (Å²) in [5.74, 6) is 9.20. The number of carboxylic acid groups (broad SMARTS) is 1. The van der Waals surface area contributed by atoms with Gasteiger partial charge in [0.15, 0.2) is 28.8 Å². The number of fused-ring (bicyclic) bond motifs is 1. The van der Waals surface area contributed by atoms with Crippen molar-refractivity contribution in [3.05, 3.63) is 76.0 Å². The predicted octanol–water partition coefficient (Wildman–Crippen LogP) is 7.12. The van der Waals surface area contributed by atoms with Crippen LogP contribution in [0.3, 0.4) is 0 Å². The van der Waals surface area contributed by atoms with Crippen molar-refractivity contribution in [1.29, 1.82) is 0 Å². The number of amides is 2. The molecule has 0 aliphatic heterocycles. The molecule has 2 amide bonds. The van der Waals surface area contributed by atoms with Crippen LogP contribution in [-0.4, -0.2) is 115 Å². The zero-order chi connectivity index (χ0) is 45.5. The number of likely N-dealkylation sites (N-methyl/N-ethyl adjacent to an activating group) is 2. The molecule has 6 aromatic rings. The number of hydrogen-bond donors (Lipinski definition) is 2. The maximum absolute atomic E-state index is 13.5. The fourth-order valence-electron chi connectivity index (χ4n) is 6.95. The first kappa shape index (κ1) is 45.1. The quantitative estimate of drug-likeness (QED) is 0.0777. The number of carbonyl (C=O) groups is 2. The van der Waals surface area contributed by atoms with E-state index in [9.17, 15) is 14.7 Å². The van der Waals surface area contributed by atoms with E-state index in [4.69, 9.17) is 50.3 Å². The van der Waals surface area contributed by atoms with Crippen molar-refractivity contribution in [2.75, 3.05) is 68.5 Å². The standard InChI is InChI=1S/C44H47ClN8O10/c1-24-20-47-31(25(2)36(24)59-7)23-53-22-27(35-40(45)49-42(46)50-41(35)53)13-11-10-12-26-16-28(17-34(38(26)60-8)62-44(56)52(4)15-14-51(3)43(54)55)30-21-48-63-37(30)29-18-32(57-5)39(61-9)33(19-29)58-6/h16-22H,10,12,14-15,23H2,1-9H3,(H,54,55)(H2,46,49,50). The molecule has 6 rings (SSSR count). The van der Waals surface area contributed by atoms with Crippen LogP contribution in [0.15, 0.2) is 47.4 Å². The smallest absolute Gasteiger partial charge is 0.415 e. The SMILES string of the molecule is COc1cc(-c2oncc2-c2cc(CCC#Cc3cn(Cc4ncc(C)c(OC)c4C)c4nc(N)nc(Cl)c34)c(OC)c(OC(=O)N(C)CCN(C)C(=O)O)c2)cc(OC)c1OC. The number of nitrogens with zero attached hydrogens (tertiary/aromatic N) is 7. The zero-order valence-corrected chi connectivity index (χ0v) is 37.0. The summed E-state index contributed by atoms with van der Waals surface area (Å²) in [5, 5.41) is 14.1. The third-order valence-corrected chi connectivity index (χ3v) is 10.5. The molecule has 0 saturated carbocycles. The highest BCUT2D eigenvalue weighted by molar-refractivity contribution is 6.34. The van der Waals surface area contributed by atoms with E-state index in [0.29, 0.717) is 81.2 Å². The van der Waals surface area contributed by atoms with Gasteiger partial charge in [-0.1, -0.05) is 28.6 Å². The molecule has 3 N–H and O–H groups in total. The molecule has 18 nitrogen and oxygen atoms in total. The fraction of sp³-hybridized carbons (Fsp3) is 0.318. The van der Waals surface area contributed by atoms with Crippen LogP contribution in [0.5, 0.6) is 34.5 Å². The third-order valence-electron chi connectivity index (χ3n) is 10.3. The van der Waals surface area contributed by atoms with Gasteiger partial charge in [0.2, 0.25) is 11.7 Å². The Labute approximate surface area is 368 Å². The Morgan fingerprint density at radius 3 is 2.19 bits per heavy atom. The second-order valence-electron chi connectivity index (χ2n) is 14.2. The van der Waals surface area contributed by atoms with Gasteiger partial charge in [-0.3, -0.25) is 4.98 Å². The van der Waals surface area contributed by atoms with Gasteiger partial charge < -0.3 is 58.2 Å². The lowest BCUT2D eigenvalue weighted by Crippen LogP contribution is -2.38. The lowest BCUT2D eigenvalue weighted by Gasteiger charge is -2.21. The Hall–Kier alpha value is -7.39. The number of nitrogen functional groups attached to an aromatic ring is 1. The average molecular weight is 883 g/mol. The number of carbonyl (C=O) groups excluding carboxylic acids is 1. The summed E-state index contributed by atoms with van der Waals surface area (Å²) in [4.78, 5) is 40.5. The zero-order valence-electron chi connectivity index (χ0n) is 36.3.